The van der Waals surface area contributed by atoms with Gasteiger partial charge in [0.25, 0.3) is 0 Å². The molecule has 0 atom stereocenters. The van der Waals surface area contributed by atoms with Crippen molar-refractivity contribution in [2.75, 3.05) is 0 Å². The van der Waals surface area contributed by atoms with Crippen LogP contribution in [0.4, 0.5) is 0 Å². The van der Waals surface area contributed by atoms with E-state index in [1.54, 1.807) is 6.92 Å². The molecule has 0 bridgehead atoms. The summed E-state index contributed by atoms with van der Waals surface area (Å²) in [4.78, 5) is 10.7. The summed E-state index contributed by atoms with van der Waals surface area (Å²) in [6.45, 7) is 10.1. The Hall–Kier alpha value is -1.03. The predicted octanol–water partition coefficient (Wildman–Crippen LogP) is 2.30. The SMILES string of the molecule is CC(=COC1CC(C)(C)NC(C)(C)C1)C(=O)O. The minimum atomic E-state index is -0.933. The predicted molar refractivity (Wildman–Crippen MR) is 66.8 cm³/mol. The van der Waals surface area contributed by atoms with Gasteiger partial charge in [-0.05, 0) is 34.6 Å². The van der Waals surface area contributed by atoms with Crippen LogP contribution in [0.25, 0.3) is 0 Å². The largest absolute Gasteiger partial charge is 0.497 e. The first kappa shape index (κ1) is 14.0. The summed E-state index contributed by atoms with van der Waals surface area (Å²) < 4.78 is 5.59. The van der Waals surface area contributed by atoms with Crippen molar-refractivity contribution in [2.24, 2.45) is 0 Å². The molecule has 1 fully saturated rings. The van der Waals surface area contributed by atoms with Crippen LogP contribution in [0.1, 0.15) is 47.5 Å². The fourth-order valence-corrected chi connectivity index (χ4v) is 2.57. The van der Waals surface area contributed by atoms with Gasteiger partial charge in [-0.2, -0.15) is 0 Å². The van der Waals surface area contributed by atoms with Crippen molar-refractivity contribution in [3.05, 3.63) is 11.8 Å². The van der Waals surface area contributed by atoms with Crippen molar-refractivity contribution in [2.45, 2.75) is 64.6 Å². The first-order valence-electron chi connectivity index (χ1n) is 5.96. The van der Waals surface area contributed by atoms with Crippen LogP contribution in [-0.2, 0) is 9.53 Å². The van der Waals surface area contributed by atoms with Crippen molar-refractivity contribution in [1.82, 2.24) is 5.32 Å². The molecular formula is C13H23NO3. The standard InChI is InChI=1S/C13H23NO3/c1-9(11(15)16)8-17-10-6-12(2,3)14-13(4,5)7-10/h8,10,14H,6-7H2,1-5H3,(H,15,16). The summed E-state index contributed by atoms with van der Waals surface area (Å²) in [5.74, 6) is -0.933. The monoisotopic (exact) mass is 241 g/mol. The van der Waals surface area contributed by atoms with Gasteiger partial charge >= 0.3 is 5.97 Å². The van der Waals surface area contributed by atoms with Crippen molar-refractivity contribution < 1.29 is 14.6 Å². The van der Waals surface area contributed by atoms with E-state index in [-0.39, 0.29) is 22.8 Å². The Bertz CT molecular complexity index is 316. The molecule has 1 aliphatic heterocycles. The van der Waals surface area contributed by atoms with Crippen LogP contribution in [0, 0.1) is 0 Å². The summed E-state index contributed by atoms with van der Waals surface area (Å²) in [7, 11) is 0. The van der Waals surface area contributed by atoms with E-state index >= 15 is 0 Å². The molecule has 0 aromatic carbocycles. The van der Waals surface area contributed by atoms with E-state index in [0.29, 0.717) is 0 Å². The minimum Gasteiger partial charge on any atom is -0.497 e. The summed E-state index contributed by atoms with van der Waals surface area (Å²) in [6, 6.07) is 0. The normalized spacial score (nSPS) is 24.4. The van der Waals surface area contributed by atoms with Crippen LogP contribution < -0.4 is 5.32 Å². The highest BCUT2D eigenvalue weighted by Crippen LogP contribution is 2.30. The second kappa shape index (κ2) is 4.69. The molecule has 4 nitrogen and oxygen atoms in total. The van der Waals surface area contributed by atoms with Gasteiger partial charge in [-0.15, -0.1) is 0 Å². The lowest BCUT2D eigenvalue weighted by atomic mass is 9.81. The van der Waals surface area contributed by atoms with Crippen molar-refractivity contribution in [3.8, 4) is 0 Å². The zero-order valence-electron chi connectivity index (χ0n) is 11.3. The molecule has 0 unspecified atom stereocenters. The van der Waals surface area contributed by atoms with Gasteiger partial charge in [0.05, 0.1) is 11.8 Å². The number of carbonyl (C=O) groups is 1. The third-order valence-corrected chi connectivity index (χ3v) is 2.93. The second-order valence-corrected chi connectivity index (χ2v) is 6.17. The molecule has 17 heavy (non-hydrogen) atoms. The van der Waals surface area contributed by atoms with Gasteiger partial charge < -0.3 is 15.2 Å². The second-order valence-electron chi connectivity index (χ2n) is 6.17. The molecule has 0 amide bonds. The maximum atomic E-state index is 10.7. The average molecular weight is 241 g/mol. The molecule has 1 saturated heterocycles. The molecule has 0 radical (unpaired) electrons. The quantitative estimate of drug-likeness (QED) is 0.588. The lowest BCUT2D eigenvalue weighted by Crippen LogP contribution is -2.59. The molecule has 1 rings (SSSR count). The van der Waals surface area contributed by atoms with Crippen LogP contribution in [0.5, 0.6) is 0 Å². The maximum Gasteiger partial charge on any atom is 0.334 e. The van der Waals surface area contributed by atoms with E-state index < -0.39 is 5.97 Å². The van der Waals surface area contributed by atoms with E-state index in [0.717, 1.165) is 12.8 Å². The molecule has 0 aromatic rings. The molecule has 0 aliphatic carbocycles. The highest BCUT2D eigenvalue weighted by Gasteiger charge is 2.38. The highest BCUT2D eigenvalue weighted by molar-refractivity contribution is 5.85. The summed E-state index contributed by atoms with van der Waals surface area (Å²) in [5.41, 5.74) is 0.258. The number of carboxylic acid groups (broad SMARTS) is 1. The van der Waals surface area contributed by atoms with Crippen LogP contribution in [-0.4, -0.2) is 28.3 Å². The van der Waals surface area contributed by atoms with Gasteiger partial charge in [0.1, 0.15) is 6.10 Å². The first-order chi connectivity index (χ1) is 7.61. The number of carboxylic acids is 1. The van der Waals surface area contributed by atoms with E-state index in [1.165, 1.54) is 6.26 Å². The first-order valence-corrected chi connectivity index (χ1v) is 5.96. The average Bonchev–Trinajstić information content (AvgIpc) is 2.08. The maximum absolute atomic E-state index is 10.7. The van der Waals surface area contributed by atoms with Crippen LogP contribution >= 0.6 is 0 Å². The number of rotatable bonds is 3. The van der Waals surface area contributed by atoms with Gasteiger partial charge in [0, 0.05) is 23.9 Å². The number of hydrogen-bond acceptors (Lipinski definition) is 3. The zero-order chi connectivity index (χ0) is 13.3. The molecule has 1 aliphatic rings. The lowest BCUT2D eigenvalue weighted by Gasteiger charge is -2.45. The van der Waals surface area contributed by atoms with E-state index in [1.807, 2.05) is 0 Å². The van der Waals surface area contributed by atoms with Crippen molar-refractivity contribution in [3.63, 3.8) is 0 Å². The topological polar surface area (TPSA) is 58.6 Å². The molecule has 1 heterocycles. The smallest absolute Gasteiger partial charge is 0.334 e. The van der Waals surface area contributed by atoms with Gasteiger partial charge in [0.2, 0.25) is 0 Å². The third kappa shape index (κ3) is 4.38. The van der Waals surface area contributed by atoms with Crippen LogP contribution in [0.15, 0.2) is 11.8 Å². The Morgan fingerprint density at radius 2 is 1.76 bits per heavy atom. The van der Waals surface area contributed by atoms with E-state index in [4.69, 9.17) is 9.84 Å². The zero-order valence-corrected chi connectivity index (χ0v) is 11.3. The molecule has 4 heteroatoms. The summed E-state index contributed by atoms with van der Waals surface area (Å²) in [5, 5.41) is 12.3. The molecule has 0 aromatic heterocycles. The Labute approximate surface area is 103 Å². The Morgan fingerprint density at radius 1 is 1.29 bits per heavy atom. The van der Waals surface area contributed by atoms with Crippen LogP contribution in [0.3, 0.4) is 0 Å². The summed E-state index contributed by atoms with van der Waals surface area (Å²) >= 11 is 0. The molecule has 2 N–H and O–H groups in total. The molecule has 0 saturated carbocycles. The van der Waals surface area contributed by atoms with Crippen molar-refractivity contribution >= 4 is 5.97 Å². The third-order valence-electron chi connectivity index (χ3n) is 2.93. The fraction of sp³-hybridized carbons (Fsp3) is 0.769. The highest BCUT2D eigenvalue weighted by atomic mass is 16.5. The van der Waals surface area contributed by atoms with Gasteiger partial charge in [-0.3, -0.25) is 0 Å². The Balaban J connectivity index is 2.66. The molecule has 98 valence electrons. The van der Waals surface area contributed by atoms with Crippen LogP contribution in [0.2, 0.25) is 0 Å². The van der Waals surface area contributed by atoms with Gasteiger partial charge in [0.15, 0.2) is 0 Å². The lowest BCUT2D eigenvalue weighted by molar-refractivity contribution is -0.132. The van der Waals surface area contributed by atoms with E-state index in [2.05, 4.69) is 33.0 Å². The molecular weight excluding hydrogens is 218 g/mol. The number of piperidine rings is 1. The summed E-state index contributed by atoms with van der Waals surface area (Å²) in [6.07, 6.45) is 3.18. The number of nitrogens with one attached hydrogen (secondary N) is 1. The number of ether oxygens (including phenoxy) is 1. The number of hydrogen-bond donors (Lipinski definition) is 2. The minimum absolute atomic E-state index is 0.0113. The van der Waals surface area contributed by atoms with Crippen molar-refractivity contribution in [1.29, 1.82) is 0 Å². The van der Waals surface area contributed by atoms with Gasteiger partial charge in [-0.1, -0.05) is 0 Å². The Morgan fingerprint density at radius 3 is 2.18 bits per heavy atom. The van der Waals surface area contributed by atoms with Gasteiger partial charge in [-0.25, -0.2) is 4.79 Å². The van der Waals surface area contributed by atoms with E-state index in [9.17, 15) is 4.79 Å². The molecule has 0 spiro atoms. The fourth-order valence-electron chi connectivity index (χ4n) is 2.57. The number of aliphatic carboxylic acids is 1. The Kier molecular flexibility index (Phi) is 3.87.